The normalized spacial score (nSPS) is 14.8. The molecule has 0 spiro atoms. The number of benzene rings is 3. The molecule has 0 radical (unpaired) electrons. The average molecular weight is 545 g/mol. The highest BCUT2D eigenvalue weighted by atomic mass is 35.5. The number of fused-ring (bicyclic) bond motifs is 1. The van der Waals surface area contributed by atoms with Crippen molar-refractivity contribution in [3.05, 3.63) is 100.0 Å². The van der Waals surface area contributed by atoms with Crippen LogP contribution in [0.4, 0.5) is 5.69 Å². The van der Waals surface area contributed by atoms with Crippen LogP contribution in [0.2, 0.25) is 5.02 Å². The first-order valence-corrected chi connectivity index (χ1v) is 13.9. The van der Waals surface area contributed by atoms with Crippen molar-refractivity contribution in [3.63, 3.8) is 0 Å². The molecule has 1 aliphatic rings. The molecule has 8 heteroatoms. The van der Waals surface area contributed by atoms with Crippen LogP contribution in [0.25, 0.3) is 17.1 Å². The number of carbonyl (C=O) groups is 1. The fourth-order valence-electron chi connectivity index (χ4n) is 4.38. The Morgan fingerprint density at radius 3 is 2.47 bits per heavy atom. The molecule has 0 atom stereocenters. The minimum Gasteiger partial charge on any atom is -0.395 e. The Morgan fingerprint density at radius 1 is 1.05 bits per heavy atom. The van der Waals surface area contributed by atoms with E-state index < -0.39 is 0 Å². The van der Waals surface area contributed by atoms with Gasteiger partial charge in [0.2, 0.25) is 0 Å². The number of hydrogen-bond donors (Lipinski definition) is 1. The Balaban J connectivity index is 1.48. The van der Waals surface area contributed by atoms with Crippen molar-refractivity contribution in [2.24, 2.45) is 4.99 Å². The number of thioether (sulfide) groups is 1. The van der Waals surface area contributed by atoms with Gasteiger partial charge in [0.1, 0.15) is 11.5 Å². The number of halogens is 1. The van der Waals surface area contributed by atoms with Crippen molar-refractivity contribution in [3.8, 4) is 0 Å². The predicted molar refractivity (Wildman–Crippen MR) is 158 cm³/mol. The summed E-state index contributed by atoms with van der Waals surface area (Å²) < 4.78 is 1.97. The number of imidazole rings is 1. The number of aliphatic hydroxyl groups excluding tert-OH is 1. The van der Waals surface area contributed by atoms with E-state index in [0.29, 0.717) is 34.1 Å². The van der Waals surface area contributed by atoms with Gasteiger partial charge in [-0.3, -0.25) is 9.69 Å². The number of aryl methyl sites for hydroxylation is 1. The van der Waals surface area contributed by atoms with Crippen LogP contribution in [-0.4, -0.2) is 32.3 Å². The van der Waals surface area contributed by atoms with Gasteiger partial charge in [-0.15, -0.1) is 0 Å². The van der Waals surface area contributed by atoms with Gasteiger partial charge in [-0.2, -0.15) is 0 Å². The third-order valence-corrected chi connectivity index (χ3v) is 7.64. The number of amides is 1. The maximum atomic E-state index is 13.6. The number of amidine groups is 1. The lowest BCUT2D eigenvalue weighted by Gasteiger charge is -2.18. The second kappa shape index (κ2) is 11.2. The third-order valence-electron chi connectivity index (χ3n) is 6.47. The van der Waals surface area contributed by atoms with Crippen LogP contribution in [0.15, 0.2) is 77.4 Å². The molecule has 0 bridgehead atoms. The summed E-state index contributed by atoms with van der Waals surface area (Å²) in [5.74, 6) is 1.52. The van der Waals surface area contributed by atoms with E-state index in [-0.39, 0.29) is 12.5 Å². The number of carbonyl (C=O) groups excluding carboxylic acids is 1. The van der Waals surface area contributed by atoms with Gasteiger partial charge >= 0.3 is 0 Å². The van der Waals surface area contributed by atoms with Gasteiger partial charge in [-0.25, -0.2) is 9.98 Å². The summed E-state index contributed by atoms with van der Waals surface area (Å²) in [5.41, 5.74) is 6.12. The SMILES string of the molecule is Cc1ccc(N2C(=O)/C(=C\c3ccc(C(C)C)cc3)N=C2SCc2nc3ccc(Cl)cc3n2CCO)cc1. The van der Waals surface area contributed by atoms with Crippen molar-refractivity contribution in [1.82, 2.24) is 9.55 Å². The number of hydrogen-bond acceptors (Lipinski definition) is 5. The van der Waals surface area contributed by atoms with Crippen molar-refractivity contribution in [2.45, 2.75) is 39.0 Å². The maximum absolute atomic E-state index is 13.6. The molecule has 0 saturated carbocycles. The van der Waals surface area contributed by atoms with E-state index in [1.54, 1.807) is 11.0 Å². The number of aromatic nitrogens is 2. The largest absolute Gasteiger partial charge is 0.395 e. The van der Waals surface area contributed by atoms with E-state index in [1.165, 1.54) is 17.3 Å². The zero-order valence-electron chi connectivity index (χ0n) is 21.6. The van der Waals surface area contributed by atoms with Gasteiger partial charge in [0.15, 0.2) is 5.17 Å². The van der Waals surface area contributed by atoms with Crippen LogP contribution in [0.1, 0.15) is 42.3 Å². The van der Waals surface area contributed by atoms with Crippen molar-refractivity contribution in [2.75, 3.05) is 11.5 Å². The van der Waals surface area contributed by atoms with E-state index in [1.807, 2.05) is 66.1 Å². The zero-order valence-corrected chi connectivity index (χ0v) is 23.1. The Kier molecular flexibility index (Phi) is 7.70. The molecule has 3 aromatic carbocycles. The fraction of sp³-hybridized carbons (Fsp3) is 0.233. The molecule has 194 valence electrons. The smallest absolute Gasteiger partial charge is 0.283 e. The molecule has 38 heavy (non-hydrogen) atoms. The minimum atomic E-state index is -0.167. The number of anilines is 1. The summed E-state index contributed by atoms with van der Waals surface area (Å²) >= 11 is 7.67. The third kappa shape index (κ3) is 5.41. The van der Waals surface area contributed by atoms with Crippen molar-refractivity contribution >= 4 is 57.2 Å². The topological polar surface area (TPSA) is 70.7 Å². The lowest BCUT2D eigenvalue weighted by Crippen LogP contribution is -2.30. The highest BCUT2D eigenvalue weighted by Gasteiger charge is 2.32. The predicted octanol–water partition coefficient (Wildman–Crippen LogP) is 6.79. The van der Waals surface area contributed by atoms with Gasteiger partial charge in [0, 0.05) is 11.6 Å². The second-order valence-electron chi connectivity index (χ2n) is 9.55. The molecule has 5 rings (SSSR count). The molecule has 1 amide bonds. The van der Waals surface area contributed by atoms with Gasteiger partial charge in [-0.1, -0.05) is 79.2 Å². The monoisotopic (exact) mass is 544 g/mol. The Morgan fingerprint density at radius 2 is 1.79 bits per heavy atom. The summed E-state index contributed by atoms with van der Waals surface area (Å²) in [5, 5.41) is 10.9. The zero-order chi connectivity index (χ0) is 26.8. The molecule has 2 heterocycles. The number of nitrogens with zero attached hydrogens (tertiary/aromatic N) is 4. The molecule has 6 nitrogen and oxygen atoms in total. The van der Waals surface area contributed by atoms with E-state index in [0.717, 1.165) is 33.7 Å². The quantitative estimate of drug-likeness (QED) is 0.260. The van der Waals surface area contributed by atoms with E-state index in [4.69, 9.17) is 21.6 Å². The molecule has 1 aliphatic heterocycles. The number of aliphatic hydroxyl groups is 1. The summed E-state index contributed by atoms with van der Waals surface area (Å²) in [6.07, 6.45) is 1.84. The molecule has 4 aromatic rings. The highest BCUT2D eigenvalue weighted by molar-refractivity contribution is 8.13. The summed E-state index contributed by atoms with van der Waals surface area (Å²) in [6, 6.07) is 21.6. The summed E-state index contributed by atoms with van der Waals surface area (Å²) in [7, 11) is 0. The van der Waals surface area contributed by atoms with Gasteiger partial charge in [-0.05, 0) is 60.4 Å². The second-order valence-corrected chi connectivity index (χ2v) is 10.9. The molecule has 1 N–H and O–H groups in total. The molecule has 0 fully saturated rings. The van der Waals surface area contributed by atoms with Gasteiger partial charge in [0.05, 0.1) is 29.1 Å². The molecule has 1 aromatic heterocycles. The number of aliphatic imine (C=N–C) groups is 1. The highest BCUT2D eigenvalue weighted by Crippen LogP contribution is 2.32. The standard InChI is InChI=1S/C30H29ClN4O2S/c1-19(2)22-8-6-21(7-9-22)16-26-29(37)35(24-11-4-20(3)5-12-24)30(33-26)38-18-28-32-25-13-10-23(31)17-27(25)34(28)14-15-36/h4-13,16-17,19,36H,14-15,18H2,1-3H3/b26-16+. The van der Waals surface area contributed by atoms with Crippen molar-refractivity contribution in [1.29, 1.82) is 0 Å². The van der Waals surface area contributed by atoms with Crippen molar-refractivity contribution < 1.29 is 9.90 Å². The van der Waals surface area contributed by atoms with E-state index in [2.05, 4.69) is 26.0 Å². The fourth-order valence-corrected chi connectivity index (χ4v) is 5.51. The van der Waals surface area contributed by atoms with Crippen LogP contribution in [0, 0.1) is 6.92 Å². The number of rotatable bonds is 7. The van der Waals surface area contributed by atoms with Crippen LogP contribution < -0.4 is 4.90 Å². The lowest BCUT2D eigenvalue weighted by molar-refractivity contribution is -0.113. The Hall–Kier alpha value is -3.39. The van der Waals surface area contributed by atoms with Gasteiger partial charge in [0.25, 0.3) is 5.91 Å². The first-order valence-electron chi connectivity index (χ1n) is 12.5. The van der Waals surface area contributed by atoms with Gasteiger partial charge < -0.3 is 9.67 Å². The molecular formula is C30H29ClN4O2S. The Bertz CT molecular complexity index is 1540. The van der Waals surface area contributed by atoms with Crippen LogP contribution in [0.5, 0.6) is 0 Å². The molecular weight excluding hydrogens is 516 g/mol. The summed E-state index contributed by atoms with van der Waals surface area (Å²) in [6.45, 7) is 6.71. The van der Waals surface area contributed by atoms with Crippen LogP contribution in [-0.2, 0) is 17.1 Å². The summed E-state index contributed by atoms with van der Waals surface area (Å²) in [4.78, 5) is 24.8. The lowest BCUT2D eigenvalue weighted by atomic mass is 10.0. The first kappa shape index (κ1) is 26.2. The van der Waals surface area contributed by atoms with Crippen LogP contribution in [0.3, 0.4) is 0 Å². The van der Waals surface area contributed by atoms with E-state index >= 15 is 0 Å². The Labute approximate surface area is 231 Å². The molecule has 0 saturated heterocycles. The minimum absolute atomic E-state index is 0.0208. The molecule has 0 unspecified atom stereocenters. The average Bonchev–Trinajstić information content (AvgIpc) is 3.40. The first-order chi connectivity index (χ1) is 18.3. The van der Waals surface area contributed by atoms with E-state index in [9.17, 15) is 9.90 Å². The maximum Gasteiger partial charge on any atom is 0.283 e. The molecule has 0 aliphatic carbocycles. The van der Waals surface area contributed by atoms with Crippen LogP contribution >= 0.6 is 23.4 Å².